The van der Waals surface area contributed by atoms with Gasteiger partial charge in [-0.15, -0.1) is 0 Å². The van der Waals surface area contributed by atoms with E-state index < -0.39 is 0 Å². The normalized spacial score (nSPS) is 12.4. The monoisotopic (exact) mass is 331 g/mol. The van der Waals surface area contributed by atoms with E-state index in [1.807, 2.05) is 0 Å². The van der Waals surface area contributed by atoms with E-state index in [1.54, 1.807) is 0 Å². The van der Waals surface area contributed by atoms with Crippen molar-refractivity contribution in [3.05, 3.63) is 69.2 Å². The highest BCUT2D eigenvalue weighted by atomic mass is 79.9. The fraction of sp³-hybridized carbons (Fsp3) is 0.333. The van der Waals surface area contributed by atoms with Gasteiger partial charge in [0, 0.05) is 10.5 Å². The average Bonchev–Trinajstić information content (AvgIpc) is 2.44. The highest BCUT2D eigenvalue weighted by Crippen LogP contribution is 2.28. The van der Waals surface area contributed by atoms with Crippen LogP contribution < -0.4 is 5.32 Å². The summed E-state index contributed by atoms with van der Waals surface area (Å²) in [5.41, 5.74) is 5.31. The predicted octanol–water partition coefficient (Wildman–Crippen LogP) is 4.96. The summed E-state index contributed by atoms with van der Waals surface area (Å²) >= 11 is 3.74. The second-order valence-electron chi connectivity index (χ2n) is 5.28. The van der Waals surface area contributed by atoms with Crippen molar-refractivity contribution in [2.24, 2.45) is 0 Å². The van der Waals surface area contributed by atoms with Gasteiger partial charge in [-0.3, -0.25) is 0 Å². The minimum Gasteiger partial charge on any atom is -0.310 e. The Hall–Kier alpha value is -1.12. The second kappa shape index (κ2) is 7.05. The van der Waals surface area contributed by atoms with E-state index in [2.05, 4.69) is 84.5 Å². The zero-order chi connectivity index (χ0) is 14.5. The molecule has 2 rings (SSSR count). The van der Waals surface area contributed by atoms with Gasteiger partial charge in [-0.05, 0) is 43.5 Å². The van der Waals surface area contributed by atoms with E-state index in [0.29, 0.717) is 6.04 Å². The summed E-state index contributed by atoms with van der Waals surface area (Å²) in [6.45, 7) is 7.40. The first-order chi connectivity index (χ1) is 9.61. The second-order valence-corrected chi connectivity index (χ2v) is 6.07. The first-order valence-electron chi connectivity index (χ1n) is 7.15. The van der Waals surface area contributed by atoms with Gasteiger partial charge < -0.3 is 5.32 Å². The Balaban J connectivity index is 2.26. The Morgan fingerprint density at radius 3 is 2.40 bits per heavy atom. The molecule has 0 spiro atoms. The first-order valence-corrected chi connectivity index (χ1v) is 7.95. The Labute approximate surface area is 130 Å². The molecule has 1 atom stereocenters. The van der Waals surface area contributed by atoms with Crippen LogP contribution in [-0.4, -0.2) is 6.54 Å². The van der Waals surface area contributed by atoms with E-state index in [0.717, 1.165) is 13.0 Å². The lowest BCUT2D eigenvalue weighted by Gasteiger charge is -2.21. The molecule has 1 unspecified atom stereocenters. The lowest BCUT2D eigenvalue weighted by molar-refractivity contribution is 0.547. The molecule has 0 saturated carbocycles. The molecule has 2 aromatic carbocycles. The molecular formula is C18H22BrN. The largest absolute Gasteiger partial charge is 0.310 e. The molecule has 0 bridgehead atoms. The zero-order valence-corrected chi connectivity index (χ0v) is 14.0. The van der Waals surface area contributed by atoms with Crippen LogP contribution in [0.2, 0.25) is 0 Å². The summed E-state index contributed by atoms with van der Waals surface area (Å²) in [7, 11) is 0. The Morgan fingerprint density at radius 2 is 1.75 bits per heavy atom. The predicted molar refractivity (Wildman–Crippen MR) is 90.2 cm³/mol. The zero-order valence-electron chi connectivity index (χ0n) is 12.4. The van der Waals surface area contributed by atoms with Crippen molar-refractivity contribution in [1.82, 2.24) is 5.32 Å². The minimum absolute atomic E-state index is 0.344. The number of hydrogen-bond donors (Lipinski definition) is 1. The van der Waals surface area contributed by atoms with Gasteiger partial charge in [-0.2, -0.15) is 0 Å². The third-order valence-electron chi connectivity index (χ3n) is 3.61. The smallest absolute Gasteiger partial charge is 0.0372 e. The van der Waals surface area contributed by atoms with Gasteiger partial charge in [0.15, 0.2) is 0 Å². The molecule has 0 aliphatic rings. The molecule has 2 heteroatoms. The van der Waals surface area contributed by atoms with E-state index in [9.17, 15) is 0 Å². The van der Waals surface area contributed by atoms with Gasteiger partial charge >= 0.3 is 0 Å². The van der Waals surface area contributed by atoms with E-state index in [-0.39, 0.29) is 0 Å². The standard InChI is InChI=1S/C18H22BrN/c1-4-20-17(12-15-10-8-13(2)9-11-15)16-7-5-6-14(3)18(16)19/h5-11,17,20H,4,12H2,1-3H3. The van der Waals surface area contributed by atoms with Crippen LogP contribution in [0.25, 0.3) is 0 Å². The lowest BCUT2D eigenvalue weighted by Crippen LogP contribution is -2.23. The summed E-state index contributed by atoms with van der Waals surface area (Å²) < 4.78 is 1.22. The molecule has 0 aromatic heterocycles. The summed E-state index contributed by atoms with van der Waals surface area (Å²) in [5.74, 6) is 0. The average molecular weight is 332 g/mol. The number of nitrogens with one attached hydrogen (secondary N) is 1. The molecule has 1 nitrogen and oxygen atoms in total. The number of benzene rings is 2. The van der Waals surface area contributed by atoms with Crippen molar-refractivity contribution in [3.8, 4) is 0 Å². The van der Waals surface area contributed by atoms with E-state index in [1.165, 1.54) is 26.7 Å². The third kappa shape index (κ3) is 3.71. The molecule has 20 heavy (non-hydrogen) atoms. The maximum Gasteiger partial charge on any atom is 0.0372 e. The van der Waals surface area contributed by atoms with Gasteiger partial charge in [-0.1, -0.05) is 70.9 Å². The number of hydrogen-bond acceptors (Lipinski definition) is 1. The van der Waals surface area contributed by atoms with Crippen LogP contribution >= 0.6 is 15.9 Å². The molecule has 2 aromatic rings. The number of likely N-dealkylation sites (N-methyl/N-ethyl adjacent to an activating group) is 1. The van der Waals surface area contributed by atoms with Crippen LogP contribution in [0.5, 0.6) is 0 Å². The fourth-order valence-electron chi connectivity index (χ4n) is 2.44. The summed E-state index contributed by atoms with van der Waals surface area (Å²) in [5, 5.41) is 3.60. The SMILES string of the molecule is CCNC(Cc1ccc(C)cc1)c1cccc(C)c1Br. The number of halogens is 1. The maximum atomic E-state index is 3.74. The Morgan fingerprint density at radius 1 is 1.05 bits per heavy atom. The van der Waals surface area contributed by atoms with Crippen molar-refractivity contribution in [2.75, 3.05) is 6.54 Å². The van der Waals surface area contributed by atoms with Crippen LogP contribution in [0.15, 0.2) is 46.9 Å². The van der Waals surface area contributed by atoms with Crippen molar-refractivity contribution < 1.29 is 0 Å². The van der Waals surface area contributed by atoms with Crippen LogP contribution in [-0.2, 0) is 6.42 Å². The quantitative estimate of drug-likeness (QED) is 0.816. The van der Waals surface area contributed by atoms with Crippen LogP contribution in [0, 0.1) is 13.8 Å². The molecule has 0 aliphatic heterocycles. The molecule has 1 N–H and O–H groups in total. The Kier molecular flexibility index (Phi) is 5.38. The molecule has 0 heterocycles. The highest BCUT2D eigenvalue weighted by Gasteiger charge is 2.15. The summed E-state index contributed by atoms with van der Waals surface area (Å²) in [6.07, 6.45) is 1.01. The molecule has 0 radical (unpaired) electrons. The summed E-state index contributed by atoms with van der Waals surface area (Å²) in [6, 6.07) is 15.6. The number of aryl methyl sites for hydroxylation is 2. The van der Waals surface area contributed by atoms with Crippen molar-refractivity contribution in [1.29, 1.82) is 0 Å². The fourth-order valence-corrected chi connectivity index (χ4v) is 2.98. The van der Waals surface area contributed by atoms with E-state index in [4.69, 9.17) is 0 Å². The van der Waals surface area contributed by atoms with Gasteiger partial charge in [0.1, 0.15) is 0 Å². The van der Waals surface area contributed by atoms with Gasteiger partial charge in [-0.25, -0.2) is 0 Å². The van der Waals surface area contributed by atoms with Crippen LogP contribution in [0.4, 0.5) is 0 Å². The third-order valence-corrected chi connectivity index (χ3v) is 4.69. The summed E-state index contributed by atoms with van der Waals surface area (Å²) in [4.78, 5) is 0. The van der Waals surface area contributed by atoms with Crippen LogP contribution in [0.1, 0.15) is 35.2 Å². The molecule has 0 amide bonds. The first kappa shape index (κ1) is 15.3. The molecule has 0 saturated heterocycles. The van der Waals surface area contributed by atoms with E-state index >= 15 is 0 Å². The minimum atomic E-state index is 0.344. The van der Waals surface area contributed by atoms with Crippen molar-refractivity contribution in [2.45, 2.75) is 33.2 Å². The molecule has 0 aliphatic carbocycles. The highest BCUT2D eigenvalue weighted by molar-refractivity contribution is 9.10. The molecular weight excluding hydrogens is 310 g/mol. The maximum absolute atomic E-state index is 3.74. The Bertz CT molecular complexity index is 560. The van der Waals surface area contributed by atoms with Gasteiger partial charge in [0.2, 0.25) is 0 Å². The van der Waals surface area contributed by atoms with Gasteiger partial charge in [0.25, 0.3) is 0 Å². The lowest BCUT2D eigenvalue weighted by atomic mass is 9.97. The van der Waals surface area contributed by atoms with Gasteiger partial charge in [0.05, 0.1) is 0 Å². The molecule has 0 fully saturated rings. The topological polar surface area (TPSA) is 12.0 Å². The number of rotatable bonds is 5. The van der Waals surface area contributed by atoms with Crippen molar-refractivity contribution >= 4 is 15.9 Å². The molecule has 106 valence electrons. The van der Waals surface area contributed by atoms with Crippen LogP contribution in [0.3, 0.4) is 0 Å². The van der Waals surface area contributed by atoms with Crippen molar-refractivity contribution in [3.63, 3.8) is 0 Å².